The second-order valence-electron chi connectivity index (χ2n) is 1.28. The molecule has 42 valence electrons. The van der Waals surface area contributed by atoms with Crippen molar-refractivity contribution in [3.05, 3.63) is 12.3 Å². The summed E-state index contributed by atoms with van der Waals surface area (Å²) in [7, 11) is 0. The zero-order valence-electron chi connectivity index (χ0n) is 4.19. The van der Waals surface area contributed by atoms with Gasteiger partial charge in [0.15, 0.2) is 0 Å². The molecule has 0 unspecified atom stereocenters. The van der Waals surface area contributed by atoms with Gasteiger partial charge in [-0.1, -0.05) is 5.22 Å². The Morgan fingerprint density at radius 1 is 1.75 bits per heavy atom. The van der Waals surface area contributed by atoms with Gasteiger partial charge in [-0.05, 0) is 6.08 Å². The van der Waals surface area contributed by atoms with Crippen LogP contribution in [0.15, 0.2) is 22.6 Å². The molecule has 0 atom stereocenters. The number of carbonyl (C=O) groups excluding carboxylic acids is 1. The average molecular weight is 111 g/mol. The highest BCUT2D eigenvalue weighted by Crippen LogP contribution is 1.93. The Morgan fingerprint density at radius 2 is 2.62 bits per heavy atom. The molecule has 1 heterocycles. The molecule has 0 saturated carbocycles. The predicted molar refractivity (Wildman–Crippen MR) is 26.8 cm³/mol. The third-order valence-corrected chi connectivity index (χ3v) is 0.720. The molecule has 4 heteroatoms. The van der Waals surface area contributed by atoms with Gasteiger partial charge in [0.1, 0.15) is 0 Å². The second-order valence-corrected chi connectivity index (χ2v) is 1.28. The number of carbonyl (C=O) groups is 1. The van der Waals surface area contributed by atoms with Crippen LogP contribution in [0.2, 0.25) is 0 Å². The lowest BCUT2D eigenvalue weighted by atomic mass is 10.6. The van der Waals surface area contributed by atoms with Crippen LogP contribution in [0.25, 0.3) is 0 Å². The number of rotatable bonds is 1. The van der Waals surface area contributed by atoms with Crippen LogP contribution < -0.4 is 0 Å². The van der Waals surface area contributed by atoms with Crippen molar-refractivity contribution < 1.29 is 4.79 Å². The third-order valence-electron chi connectivity index (χ3n) is 0.720. The second kappa shape index (κ2) is 2.20. The molecule has 0 fully saturated rings. The van der Waals surface area contributed by atoms with Gasteiger partial charge in [0.25, 0.3) is 0 Å². The number of hydrogen-bond acceptors (Lipinski definition) is 3. The monoisotopic (exact) mass is 111 g/mol. The van der Waals surface area contributed by atoms with Crippen LogP contribution >= 0.6 is 0 Å². The Morgan fingerprint density at radius 3 is 3.00 bits per heavy atom. The van der Waals surface area contributed by atoms with Gasteiger partial charge in [0.2, 0.25) is 6.41 Å². The molecular formula is C4H5N3O. The highest BCUT2D eigenvalue weighted by molar-refractivity contribution is 5.48. The maximum Gasteiger partial charge on any atom is 0.235 e. The fourth-order valence-electron chi connectivity index (χ4n) is 0.398. The van der Waals surface area contributed by atoms with Crippen molar-refractivity contribution in [2.75, 3.05) is 6.54 Å². The van der Waals surface area contributed by atoms with Gasteiger partial charge in [0.05, 0.1) is 6.54 Å². The summed E-state index contributed by atoms with van der Waals surface area (Å²) < 4.78 is 0. The molecule has 0 saturated heterocycles. The van der Waals surface area contributed by atoms with Crippen molar-refractivity contribution in [2.45, 2.75) is 0 Å². The normalized spacial score (nSPS) is 16.8. The fraction of sp³-hybridized carbons (Fsp3) is 0.250. The minimum Gasteiger partial charge on any atom is -0.276 e. The summed E-state index contributed by atoms with van der Waals surface area (Å²) in [5.74, 6) is 0. The summed E-state index contributed by atoms with van der Waals surface area (Å²) in [5, 5.41) is 8.13. The Bertz CT molecular complexity index is 128. The van der Waals surface area contributed by atoms with E-state index in [0.717, 1.165) is 5.01 Å². The Kier molecular flexibility index (Phi) is 1.37. The summed E-state index contributed by atoms with van der Waals surface area (Å²) in [6.07, 6.45) is 3.92. The van der Waals surface area contributed by atoms with E-state index in [9.17, 15) is 4.79 Å². The Hall–Kier alpha value is -1.19. The van der Waals surface area contributed by atoms with Gasteiger partial charge >= 0.3 is 0 Å². The van der Waals surface area contributed by atoms with Gasteiger partial charge in [-0.2, -0.15) is 10.1 Å². The molecule has 1 aliphatic heterocycles. The zero-order chi connectivity index (χ0) is 5.82. The Labute approximate surface area is 46.5 Å². The van der Waals surface area contributed by atoms with E-state index in [1.807, 2.05) is 0 Å². The standard InChI is InChI=1S/C4H5N3O/c8-4-7-3-1-2-5-6-7/h1,3-4H,2H2. The van der Waals surface area contributed by atoms with E-state index >= 15 is 0 Å². The zero-order valence-corrected chi connectivity index (χ0v) is 4.19. The van der Waals surface area contributed by atoms with E-state index in [4.69, 9.17) is 0 Å². The first kappa shape index (κ1) is 4.96. The van der Waals surface area contributed by atoms with Crippen molar-refractivity contribution >= 4 is 6.41 Å². The maximum absolute atomic E-state index is 9.88. The molecule has 0 aliphatic carbocycles. The van der Waals surface area contributed by atoms with Crippen molar-refractivity contribution in [1.82, 2.24) is 5.01 Å². The van der Waals surface area contributed by atoms with Crippen LogP contribution in [0.4, 0.5) is 0 Å². The van der Waals surface area contributed by atoms with Crippen molar-refractivity contribution in [1.29, 1.82) is 0 Å². The van der Waals surface area contributed by atoms with Crippen molar-refractivity contribution in [2.24, 2.45) is 10.3 Å². The van der Waals surface area contributed by atoms with E-state index in [-0.39, 0.29) is 0 Å². The van der Waals surface area contributed by atoms with Gasteiger partial charge in [-0.15, -0.1) is 0 Å². The first-order valence-electron chi connectivity index (χ1n) is 2.21. The summed E-state index contributed by atoms with van der Waals surface area (Å²) in [5.41, 5.74) is 0. The molecule has 1 aliphatic rings. The lowest BCUT2D eigenvalue weighted by molar-refractivity contribution is -0.116. The van der Waals surface area contributed by atoms with E-state index in [1.54, 1.807) is 12.3 Å². The van der Waals surface area contributed by atoms with E-state index in [2.05, 4.69) is 10.3 Å². The smallest absolute Gasteiger partial charge is 0.235 e. The number of amides is 1. The van der Waals surface area contributed by atoms with Crippen LogP contribution in [0.5, 0.6) is 0 Å². The molecular weight excluding hydrogens is 106 g/mol. The summed E-state index contributed by atoms with van der Waals surface area (Å²) >= 11 is 0. The molecule has 0 N–H and O–H groups in total. The van der Waals surface area contributed by atoms with Crippen LogP contribution in [-0.2, 0) is 4.79 Å². The largest absolute Gasteiger partial charge is 0.276 e. The van der Waals surface area contributed by atoms with E-state index in [1.165, 1.54) is 0 Å². The fourth-order valence-corrected chi connectivity index (χ4v) is 0.398. The average Bonchev–Trinajstić information content (AvgIpc) is 1.90. The molecule has 0 radical (unpaired) electrons. The lowest BCUT2D eigenvalue weighted by Crippen LogP contribution is -2.07. The minimum atomic E-state index is 0.574. The van der Waals surface area contributed by atoms with E-state index < -0.39 is 0 Å². The molecule has 4 nitrogen and oxygen atoms in total. The van der Waals surface area contributed by atoms with Crippen LogP contribution in [0.3, 0.4) is 0 Å². The maximum atomic E-state index is 9.88. The van der Waals surface area contributed by atoms with Crippen molar-refractivity contribution in [3.8, 4) is 0 Å². The first-order chi connectivity index (χ1) is 3.93. The highest BCUT2D eigenvalue weighted by Gasteiger charge is 1.93. The summed E-state index contributed by atoms with van der Waals surface area (Å²) in [4.78, 5) is 9.88. The van der Waals surface area contributed by atoms with Crippen molar-refractivity contribution in [3.63, 3.8) is 0 Å². The van der Waals surface area contributed by atoms with Crippen LogP contribution in [-0.4, -0.2) is 18.0 Å². The molecule has 1 amide bonds. The predicted octanol–water partition coefficient (Wildman–Crippen LogP) is 0.339. The van der Waals surface area contributed by atoms with Gasteiger partial charge in [-0.25, -0.2) is 0 Å². The molecule has 0 aromatic rings. The number of hydrogen-bond donors (Lipinski definition) is 0. The summed E-state index contributed by atoms with van der Waals surface area (Å²) in [6, 6.07) is 0. The number of nitrogens with zero attached hydrogens (tertiary/aromatic N) is 3. The quantitative estimate of drug-likeness (QED) is 0.450. The third kappa shape index (κ3) is 0.900. The molecule has 0 bridgehead atoms. The molecule has 0 spiro atoms. The van der Waals surface area contributed by atoms with Gasteiger partial charge < -0.3 is 0 Å². The van der Waals surface area contributed by atoms with Gasteiger partial charge in [0, 0.05) is 6.20 Å². The topological polar surface area (TPSA) is 45.0 Å². The highest BCUT2D eigenvalue weighted by atomic mass is 16.1. The molecule has 8 heavy (non-hydrogen) atoms. The Balaban J connectivity index is 2.54. The van der Waals surface area contributed by atoms with Crippen LogP contribution in [0.1, 0.15) is 0 Å². The van der Waals surface area contributed by atoms with E-state index in [0.29, 0.717) is 13.0 Å². The SMILES string of the molecule is O=CN1C=CCN=N1. The van der Waals surface area contributed by atoms with Crippen LogP contribution in [0, 0.1) is 0 Å². The first-order valence-corrected chi connectivity index (χ1v) is 2.21. The lowest BCUT2D eigenvalue weighted by Gasteiger charge is -2.03. The summed E-state index contributed by atoms with van der Waals surface area (Å²) in [6.45, 7) is 0.574. The minimum absolute atomic E-state index is 0.574. The van der Waals surface area contributed by atoms with Gasteiger partial charge in [-0.3, -0.25) is 4.79 Å². The molecule has 0 aromatic heterocycles. The molecule has 1 rings (SSSR count). The molecule has 0 aromatic carbocycles.